The van der Waals surface area contributed by atoms with Crippen molar-refractivity contribution in [1.29, 1.82) is 0 Å². The molecule has 7 nitrogen and oxygen atoms in total. The highest BCUT2D eigenvalue weighted by Gasteiger charge is 2.43. The summed E-state index contributed by atoms with van der Waals surface area (Å²) in [6.07, 6.45) is -4.47. The van der Waals surface area contributed by atoms with E-state index < -0.39 is 23.8 Å². The molecule has 3 heterocycles. The predicted molar refractivity (Wildman–Crippen MR) is 141 cm³/mol. The lowest BCUT2D eigenvalue weighted by molar-refractivity contribution is -0.139. The Labute approximate surface area is 228 Å². The van der Waals surface area contributed by atoms with Crippen LogP contribution in [0.1, 0.15) is 36.1 Å². The second-order valence-corrected chi connectivity index (χ2v) is 9.87. The van der Waals surface area contributed by atoms with Crippen molar-refractivity contribution in [2.24, 2.45) is 4.99 Å². The number of hydrogen-bond acceptors (Lipinski definition) is 7. The molecule has 11 heteroatoms. The van der Waals surface area contributed by atoms with E-state index in [1.807, 2.05) is 35.7 Å². The van der Waals surface area contributed by atoms with Gasteiger partial charge in [0.25, 0.3) is 0 Å². The second kappa shape index (κ2) is 11.3. The molecule has 0 radical (unpaired) electrons. The molecule has 1 unspecified atom stereocenters. The van der Waals surface area contributed by atoms with Gasteiger partial charge >= 0.3 is 12.1 Å². The molecule has 3 aliphatic rings. The van der Waals surface area contributed by atoms with E-state index in [2.05, 4.69) is 0 Å². The highest BCUT2D eigenvalue weighted by atomic mass is 32.2. The van der Waals surface area contributed by atoms with Gasteiger partial charge in [0.05, 0.1) is 49.1 Å². The second-order valence-electron chi connectivity index (χ2n) is 9.03. The molecular formula is C28H26F3N3O4S. The van der Waals surface area contributed by atoms with Gasteiger partial charge in [-0.05, 0) is 30.0 Å². The number of aliphatic imine (C=N–C) groups is 1. The van der Waals surface area contributed by atoms with Gasteiger partial charge in [0.2, 0.25) is 5.91 Å². The Morgan fingerprint density at radius 2 is 1.77 bits per heavy atom. The summed E-state index contributed by atoms with van der Waals surface area (Å²) in [5, 5.41) is 2.34. The van der Waals surface area contributed by atoms with Crippen LogP contribution in [0.25, 0.3) is 5.70 Å². The average Bonchev–Trinajstić information content (AvgIpc) is 3.35. The molecule has 1 saturated heterocycles. The van der Waals surface area contributed by atoms with Crippen molar-refractivity contribution >= 4 is 34.5 Å². The molecule has 1 amide bonds. The standard InChI is InChI=1S/C28H26F3N3O4S/c1-2-38-26(36)23-24(18-6-4-3-5-7-18)32-27-34(25(23)19-8-10-20(11-9-19)28(29,30)31)21(17-39-27)16-22(35)33-12-14-37-15-13-33/h3-11,17,25H,2,12-16H2,1H3. The molecular weight excluding hydrogens is 531 g/mol. The van der Waals surface area contributed by atoms with Gasteiger partial charge in [-0.1, -0.05) is 54.2 Å². The SMILES string of the molecule is CCOC(=O)C1=C(c2ccccc2)N=C2SC=C(CC(=O)N3CCOCC3)N2C1c1ccc(C(F)(F)F)cc1. The average molecular weight is 558 g/mol. The van der Waals surface area contributed by atoms with Crippen LogP contribution in [-0.4, -0.2) is 59.8 Å². The van der Waals surface area contributed by atoms with Crippen LogP contribution < -0.4 is 0 Å². The minimum atomic E-state index is -4.51. The molecule has 39 heavy (non-hydrogen) atoms. The smallest absolute Gasteiger partial charge is 0.416 e. The Kier molecular flexibility index (Phi) is 7.81. The molecule has 3 aliphatic heterocycles. The van der Waals surface area contributed by atoms with Crippen LogP contribution in [0, 0.1) is 0 Å². The Morgan fingerprint density at radius 1 is 1.08 bits per heavy atom. The highest BCUT2D eigenvalue weighted by Crippen LogP contribution is 2.47. The van der Waals surface area contributed by atoms with Crippen LogP contribution in [-0.2, 0) is 25.2 Å². The van der Waals surface area contributed by atoms with E-state index in [0.29, 0.717) is 54.0 Å². The van der Waals surface area contributed by atoms with Crippen LogP contribution in [0.5, 0.6) is 0 Å². The van der Waals surface area contributed by atoms with E-state index in [1.165, 1.54) is 23.9 Å². The van der Waals surface area contributed by atoms with Crippen LogP contribution in [0.2, 0.25) is 0 Å². The molecule has 204 valence electrons. The number of rotatable bonds is 6. The molecule has 0 aliphatic carbocycles. The van der Waals surface area contributed by atoms with E-state index in [1.54, 1.807) is 16.7 Å². The Balaban J connectivity index is 1.61. The van der Waals surface area contributed by atoms with Gasteiger partial charge in [0.1, 0.15) is 0 Å². The highest BCUT2D eigenvalue weighted by molar-refractivity contribution is 8.16. The van der Waals surface area contributed by atoms with Crippen molar-refractivity contribution in [3.63, 3.8) is 0 Å². The van der Waals surface area contributed by atoms with Crippen LogP contribution in [0.3, 0.4) is 0 Å². The number of thioether (sulfide) groups is 1. The number of alkyl halides is 3. The fraction of sp³-hybridized carbons (Fsp3) is 0.321. The number of nitrogens with zero attached hydrogens (tertiary/aromatic N) is 3. The van der Waals surface area contributed by atoms with E-state index in [-0.39, 0.29) is 24.5 Å². The summed E-state index contributed by atoms with van der Waals surface area (Å²) in [6, 6.07) is 13.0. The Hall–Kier alpha value is -3.57. The molecule has 0 aromatic heterocycles. The lowest BCUT2D eigenvalue weighted by atomic mass is 9.91. The minimum Gasteiger partial charge on any atom is -0.463 e. The number of hydrogen-bond donors (Lipinski definition) is 0. The van der Waals surface area contributed by atoms with Gasteiger partial charge in [-0.2, -0.15) is 13.2 Å². The lowest BCUT2D eigenvalue weighted by Crippen LogP contribution is -2.42. The number of benzene rings is 2. The first-order valence-corrected chi connectivity index (χ1v) is 13.4. The number of fused-ring (bicyclic) bond motifs is 1. The number of carbonyl (C=O) groups is 2. The van der Waals surface area contributed by atoms with Gasteiger partial charge in [0, 0.05) is 24.4 Å². The van der Waals surface area contributed by atoms with E-state index in [4.69, 9.17) is 14.5 Å². The maximum absolute atomic E-state index is 13.5. The summed E-state index contributed by atoms with van der Waals surface area (Å²) >= 11 is 1.31. The molecule has 2 aromatic rings. The van der Waals surface area contributed by atoms with Gasteiger partial charge < -0.3 is 19.3 Å². The lowest BCUT2D eigenvalue weighted by Gasteiger charge is -2.37. The summed E-state index contributed by atoms with van der Waals surface area (Å²) in [5.41, 5.74) is 1.50. The van der Waals surface area contributed by atoms with Crippen molar-refractivity contribution in [2.75, 3.05) is 32.9 Å². The summed E-state index contributed by atoms with van der Waals surface area (Å²) in [7, 11) is 0. The number of carbonyl (C=O) groups excluding carboxylic acids is 2. The number of amidine groups is 1. The molecule has 0 N–H and O–H groups in total. The molecule has 0 spiro atoms. The van der Waals surface area contributed by atoms with Crippen molar-refractivity contribution in [3.05, 3.63) is 88.0 Å². The number of amides is 1. The fourth-order valence-corrected chi connectivity index (χ4v) is 5.66. The zero-order valence-corrected chi connectivity index (χ0v) is 21.9. The Bertz CT molecular complexity index is 1330. The fourth-order valence-electron chi connectivity index (χ4n) is 4.74. The summed E-state index contributed by atoms with van der Waals surface area (Å²) in [5.74, 6) is -0.729. The summed E-state index contributed by atoms with van der Waals surface area (Å²) < 4.78 is 50.9. The summed E-state index contributed by atoms with van der Waals surface area (Å²) in [4.78, 5) is 34.9. The van der Waals surface area contributed by atoms with Gasteiger partial charge in [0.15, 0.2) is 5.17 Å². The topological polar surface area (TPSA) is 71.4 Å². The number of morpholine rings is 1. The third kappa shape index (κ3) is 5.60. The normalized spacial score (nSPS) is 19.4. The number of esters is 1. The minimum absolute atomic E-state index is 0.0416. The van der Waals surface area contributed by atoms with Gasteiger partial charge in [-0.25, -0.2) is 9.79 Å². The monoisotopic (exact) mass is 557 g/mol. The zero-order valence-electron chi connectivity index (χ0n) is 21.1. The van der Waals surface area contributed by atoms with Crippen LogP contribution in [0.15, 0.2) is 76.3 Å². The molecule has 0 bridgehead atoms. The Morgan fingerprint density at radius 3 is 2.41 bits per heavy atom. The third-order valence-electron chi connectivity index (χ3n) is 6.60. The maximum Gasteiger partial charge on any atom is 0.416 e. The van der Waals surface area contributed by atoms with Crippen LogP contribution in [0.4, 0.5) is 13.2 Å². The number of ether oxygens (including phenoxy) is 2. The first-order chi connectivity index (χ1) is 18.8. The molecule has 1 atom stereocenters. The van der Waals surface area contributed by atoms with E-state index in [9.17, 15) is 22.8 Å². The quantitative estimate of drug-likeness (QED) is 0.453. The molecule has 1 fully saturated rings. The zero-order chi connectivity index (χ0) is 27.6. The maximum atomic E-state index is 13.5. The van der Waals surface area contributed by atoms with Gasteiger partial charge in [-0.15, -0.1) is 0 Å². The third-order valence-corrected chi connectivity index (χ3v) is 7.49. The van der Waals surface area contributed by atoms with Crippen molar-refractivity contribution in [2.45, 2.75) is 25.6 Å². The molecule has 5 rings (SSSR count). The first kappa shape index (κ1) is 27.0. The largest absolute Gasteiger partial charge is 0.463 e. The molecule has 0 saturated carbocycles. The molecule has 2 aromatic carbocycles. The van der Waals surface area contributed by atoms with Crippen molar-refractivity contribution < 1.29 is 32.2 Å². The first-order valence-electron chi connectivity index (χ1n) is 12.5. The van der Waals surface area contributed by atoms with E-state index in [0.717, 1.165) is 12.1 Å². The van der Waals surface area contributed by atoms with E-state index >= 15 is 0 Å². The van der Waals surface area contributed by atoms with Gasteiger partial charge in [-0.3, -0.25) is 4.79 Å². The van der Waals surface area contributed by atoms with Crippen molar-refractivity contribution in [1.82, 2.24) is 9.80 Å². The van der Waals surface area contributed by atoms with Crippen molar-refractivity contribution in [3.8, 4) is 0 Å². The van der Waals surface area contributed by atoms with Crippen LogP contribution >= 0.6 is 11.8 Å². The summed E-state index contributed by atoms with van der Waals surface area (Å²) in [6.45, 7) is 3.67. The predicted octanol–water partition coefficient (Wildman–Crippen LogP) is 5.23. The number of halogens is 3.